The maximum absolute atomic E-state index is 4.68. The number of para-hydroxylation sites is 1. The standard InChI is InChI=1S/C18H22N4S.HI/c1-3-19-18(21-12-17-13(2)8-9-23-17)20-11-15-10-14-6-4-5-7-16(14)22-15;/h4-10,22H,3,11-12H2,1-2H3,(H2,19,20,21);1H. The molecule has 0 amide bonds. The SMILES string of the molecule is CCNC(=NCc1cc2ccccc2[nH]1)NCc1sccc1C.I. The summed E-state index contributed by atoms with van der Waals surface area (Å²) in [6.45, 7) is 6.51. The van der Waals surface area contributed by atoms with E-state index in [1.165, 1.54) is 15.8 Å². The van der Waals surface area contributed by atoms with E-state index in [4.69, 9.17) is 0 Å². The maximum Gasteiger partial charge on any atom is 0.191 e. The Kier molecular flexibility index (Phi) is 7.11. The Balaban J connectivity index is 0.00000208. The van der Waals surface area contributed by atoms with Crippen molar-refractivity contribution in [3.8, 4) is 0 Å². The van der Waals surface area contributed by atoms with Crippen molar-refractivity contribution >= 4 is 52.2 Å². The number of aromatic nitrogens is 1. The lowest BCUT2D eigenvalue weighted by atomic mass is 10.2. The molecule has 2 aromatic heterocycles. The molecule has 0 spiro atoms. The van der Waals surface area contributed by atoms with Gasteiger partial charge in [-0.25, -0.2) is 4.99 Å². The lowest BCUT2D eigenvalue weighted by Gasteiger charge is -2.10. The molecule has 0 radical (unpaired) electrons. The Hall–Kier alpha value is -1.54. The number of aryl methyl sites for hydroxylation is 1. The molecule has 0 aliphatic heterocycles. The van der Waals surface area contributed by atoms with Crippen LogP contribution in [0.15, 0.2) is 46.8 Å². The third-order valence-corrected chi connectivity index (χ3v) is 4.75. The van der Waals surface area contributed by atoms with Crippen molar-refractivity contribution in [3.63, 3.8) is 0 Å². The zero-order chi connectivity index (χ0) is 16.1. The first-order valence-corrected chi connectivity index (χ1v) is 8.76. The highest BCUT2D eigenvalue weighted by molar-refractivity contribution is 14.0. The molecule has 4 nitrogen and oxygen atoms in total. The quantitative estimate of drug-likeness (QED) is 0.304. The van der Waals surface area contributed by atoms with Crippen molar-refractivity contribution in [2.45, 2.75) is 26.9 Å². The Labute approximate surface area is 163 Å². The number of rotatable bonds is 5. The van der Waals surface area contributed by atoms with E-state index in [0.717, 1.165) is 30.3 Å². The molecular weight excluding hydrogens is 431 g/mol. The van der Waals surface area contributed by atoms with Crippen LogP contribution in [0.4, 0.5) is 0 Å². The molecule has 0 aliphatic rings. The fraction of sp³-hybridized carbons (Fsp3) is 0.278. The number of aromatic amines is 1. The van der Waals surface area contributed by atoms with Gasteiger partial charge in [-0.3, -0.25) is 0 Å². The molecule has 0 aliphatic carbocycles. The van der Waals surface area contributed by atoms with Crippen LogP contribution in [0.2, 0.25) is 0 Å². The van der Waals surface area contributed by atoms with Gasteiger partial charge >= 0.3 is 0 Å². The summed E-state index contributed by atoms with van der Waals surface area (Å²) < 4.78 is 0. The fourth-order valence-electron chi connectivity index (χ4n) is 2.47. The molecule has 128 valence electrons. The number of nitrogens with zero attached hydrogens (tertiary/aromatic N) is 1. The predicted octanol–water partition coefficient (Wildman–Crippen LogP) is 4.41. The highest BCUT2D eigenvalue weighted by atomic mass is 127. The highest BCUT2D eigenvalue weighted by Gasteiger charge is 2.03. The monoisotopic (exact) mass is 454 g/mol. The molecule has 6 heteroatoms. The first kappa shape index (κ1) is 18.8. The molecule has 1 aromatic carbocycles. The molecule has 0 atom stereocenters. The van der Waals surface area contributed by atoms with Gasteiger partial charge in [0, 0.05) is 22.6 Å². The van der Waals surface area contributed by atoms with E-state index in [9.17, 15) is 0 Å². The summed E-state index contributed by atoms with van der Waals surface area (Å²) in [6, 6.07) is 12.6. The van der Waals surface area contributed by atoms with Crippen LogP contribution in [0.5, 0.6) is 0 Å². The van der Waals surface area contributed by atoms with Crippen LogP contribution in [0.3, 0.4) is 0 Å². The number of guanidine groups is 1. The minimum Gasteiger partial charge on any atom is -0.357 e. The second-order valence-electron chi connectivity index (χ2n) is 5.46. The van der Waals surface area contributed by atoms with E-state index < -0.39 is 0 Å². The van der Waals surface area contributed by atoms with Crippen LogP contribution in [-0.2, 0) is 13.1 Å². The minimum atomic E-state index is 0. The van der Waals surface area contributed by atoms with Gasteiger partial charge in [-0.2, -0.15) is 0 Å². The van der Waals surface area contributed by atoms with Crippen molar-refractivity contribution in [2.75, 3.05) is 6.54 Å². The van der Waals surface area contributed by atoms with Crippen molar-refractivity contribution in [1.82, 2.24) is 15.6 Å². The summed E-state index contributed by atoms with van der Waals surface area (Å²) in [5, 5.41) is 10.1. The Morgan fingerprint density at radius 1 is 1.21 bits per heavy atom. The van der Waals surface area contributed by atoms with Gasteiger partial charge in [0.05, 0.1) is 13.1 Å². The zero-order valence-corrected chi connectivity index (χ0v) is 17.1. The zero-order valence-electron chi connectivity index (χ0n) is 13.9. The Morgan fingerprint density at radius 2 is 2.04 bits per heavy atom. The molecule has 2 heterocycles. The number of aliphatic imine (C=N–C) groups is 1. The fourth-order valence-corrected chi connectivity index (χ4v) is 3.32. The molecule has 0 bridgehead atoms. The summed E-state index contributed by atoms with van der Waals surface area (Å²) in [6.07, 6.45) is 0. The number of fused-ring (bicyclic) bond motifs is 1. The van der Waals surface area contributed by atoms with E-state index in [-0.39, 0.29) is 24.0 Å². The van der Waals surface area contributed by atoms with Crippen LogP contribution in [0.1, 0.15) is 23.1 Å². The van der Waals surface area contributed by atoms with Gasteiger partial charge in [0.2, 0.25) is 0 Å². The van der Waals surface area contributed by atoms with Crippen LogP contribution < -0.4 is 10.6 Å². The van der Waals surface area contributed by atoms with Crippen LogP contribution in [0, 0.1) is 6.92 Å². The first-order chi connectivity index (χ1) is 11.3. The topological polar surface area (TPSA) is 52.2 Å². The number of hydrogen-bond acceptors (Lipinski definition) is 2. The van der Waals surface area contributed by atoms with Gasteiger partial charge in [0.25, 0.3) is 0 Å². The molecule has 0 fully saturated rings. The summed E-state index contributed by atoms with van der Waals surface area (Å²) in [5.74, 6) is 0.846. The average molecular weight is 454 g/mol. The first-order valence-electron chi connectivity index (χ1n) is 7.88. The number of halogens is 1. The largest absolute Gasteiger partial charge is 0.357 e. The van der Waals surface area contributed by atoms with Crippen LogP contribution in [-0.4, -0.2) is 17.5 Å². The van der Waals surface area contributed by atoms with Crippen LogP contribution >= 0.6 is 35.3 Å². The molecule has 0 saturated heterocycles. The molecule has 24 heavy (non-hydrogen) atoms. The van der Waals surface area contributed by atoms with Crippen molar-refractivity contribution < 1.29 is 0 Å². The average Bonchev–Trinajstić information content (AvgIpc) is 3.15. The molecule has 3 N–H and O–H groups in total. The summed E-state index contributed by atoms with van der Waals surface area (Å²) in [5.41, 5.74) is 3.61. The smallest absolute Gasteiger partial charge is 0.191 e. The lowest BCUT2D eigenvalue weighted by molar-refractivity contribution is 0.818. The number of H-pyrrole nitrogens is 1. The highest BCUT2D eigenvalue weighted by Crippen LogP contribution is 2.16. The molecule has 3 aromatic rings. The van der Waals surface area contributed by atoms with E-state index in [1.807, 2.05) is 6.07 Å². The Bertz CT molecular complexity index is 773. The number of thiophene rings is 1. The van der Waals surface area contributed by atoms with E-state index in [1.54, 1.807) is 11.3 Å². The predicted molar refractivity (Wildman–Crippen MR) is 114 cm³/mol. The van der Waals surface area contributed by atoms with Gasteiger partial charge in [-0.1, -0.05) is 18.2 Å². The van der Waals surface area contributed by atoms with Gasteiger partial charge in [0.1, 0.15) is 0 Å². The van der Waals surface area contributed by atoms with Gasteiger partial charge in [0.15, 0.2) is 5.96 Å². The summed E-state index contributed by atoms with van der Waals surface area (Å²) in [7, 11) is 0. The molecular formula is C18H23IN4S. The number of benzene rings is 1. The number of hydrogen-bond donors (Lipinski definition) is 3. The second-order valence-corrected chi connectivity index (χ2v) is 6.46. The Morgan fingerprint density at radius 3 is 2.75 bits per heavy atom. The minimum absolute atomic E-state index is 0. The van der Waals surface area contributed by atoms with Gasteiger partial charge < -0.3 is 15.6 Å². The third-order valence-electron chi connectivity index (χ3n) is 3.72. The second kappa shape index (κ2) is 9.08. The van der Waals surface area contributed by atoms with E-state index >= 15 is 0 Å². The molecule has 3 rings (SSSR count). The third kappa shape index (κ3) is 4.73. The van der Waals surface area contributed by atoms with Crippen molar-refractivity contribution in [2.24, 2.45) is 4.99 Å². The van der Waals surface area contributed by atoms with E-state index in [2.05, 4.69) is 70.2 Å². The molecule has 0 saturated carbocycles. The normalized spacial score (nSPS) is 11.3. The lowest BCUT2D eigenvalue weighted by Crippen LogP contribution is -2.36. The van der Waals surface area contributed by atoms with Crippen molar-refractivity contribution in [3.05, 3.63) is 57.9 Å². The summed E-state index contributed by atoms with van der Waals surface area (Å²) >= 11 is 1.78. The maximum atomic E-state index is 4.68. The van der Waals surface area contributed by atoms with Gasteiger partial charge in [-0.05, 0) is 48.4 Å². The summed E-state index contributed by atoms with van der Waals surface area (Å²) in [4.78, 5) is 9.44. The number of nitrogens with one attached hydrogen (secondary N) is 3. The molecule has 0 unspecified atom stereocenters. The van der Waals surface area contributed by atoms with Crippen LogP contribution in [0.25, 0.3) is 10.9 Å². The van der Waals surface area contributed by atoms with Crippen molar-refractivity contribution in [1.29, 1.82) is 0 Å². The van der Waals surface area contributed by atoms with Gasteiger partial charge in [-0.15, -0.1) is 35.3 Å². The van der Waals surface area contributed by atoms with E-state index in [0.29, 0.717) is 6.54 Å².